The molecule has 0 aliphatic rings. The van der Waals surface area contributed by atoms with Crippen LogP contribution in [0.3, 0.4) is 0 Å². The summed E-state index contributed by atoms with van der Waals surface area (Å²) in [6.07, 6.45) is 4.08. The fraction of sp³-hybridized carbons (Fsp3) is 0.316. The molecule has 0 radical (unpaired) electrons. The number of halogens is 1. The van der Waals surface area contributed by atoms with Gasteiger partial charge in [-0.2, -0.15) is 0 Å². The van der Waals surface area contributed by atoms with Crippen LogP contribution in [0.1, 0.15) is 35.7 Å². The highest BCUT2D eigenvalue weighted by atomic mass is 79.9. The first-order chi connectivity index (χ1) is 11.6. The molecule has 0 atom stereocenters. The summed E-state index contributed by atoms with van der Waals surface area (Å²) in [6, 6.07) is 13.7. The third kappa shape index (κ3) is 5.56. The molecule has 0 heterocycles. The van der Waals surface area contributed by atoms with Gasteiger partial charge in [0.15, 0.2) is 0 Å². The lowest BCUT2D eigenvalue weighted by molar-refractivity contribution is 0.0946. The molecule has 0 saturated carbocycles. The summed E-state index contributed by atoms with van der Waals surface area (Å²) in [5, 5.41) is 2.96. The zero-order valence-electron chi connectivity index (χ0n) is 14.0. The smallest absolute Gasteiger partial charge is 0.255 e. The maximum absolute atomic E-state index is 12.5. The first kappa shape index (κ1) is 18.9. The van der Waals surface area contributed by atoms with Crippen molar-refractivity contribution >= 4 is 33.6 Å². The summed E-state index contributed by atoms with van der Waals surface area (Å²) >= 11 is 5.12. The van der Waals surface area contributed by atoms with Crippen LogP contribution in [0.5, 0.6) is 5.75 Å². The molecule has 5 heteroatoms. The van der Waals surface area contributed by atoms with Crippen molar-refractivity contribution in [3.05, 3.63) is 58.1 Å². The summed E-state index contributed by atoms with van der Waals surface area (Å²) < 4.78 is 6.61. The van der Waals surface area contributed by atoms with Gasteiger partial charge in [0.05, 0.1) is 12.2 Å². The molecule has 128 valence electrons. The Morgan fingerprint density at radius 1 is 1.21 bits per heavy atom. The summed E-state index contributed by atoms with van der Waals surface area (Å²) in [7, 11) is 0. The number of nitrogens with one attached hydrogen (secondary N) is 1. The largest absolute Gasteiger partial charge is 0.493 e. The molecule has 2 rings (SSSR count). The number of carbonyl (C=O) groups excluding carboxylic acids is 1. The molecular formula is C19H22BrNO2S. The minimum atomic E-state index is -0.128. The van der Waals surface area contributed by atoms with Crippen LogP contribution in [0.25, 0.3) is 0 Å². The summed E-state index contributed by atoms with van der Waals surface area (Å²) in [4.78, 5) is 13.7. The third-order valence-corrected chi connectivity index (χ3v) is 4.79. The molecule has 0 unspecified atom stereocenters. The van der Waals surface area contributed by atoms with Gasteiger partial charge in [0.25, 0.3) is 5.91 Å². The van der Waals surface area contributed by atoms with Gasteiger partial charge in [0.2, 0.25) is 0 Å². The van der Waals surface area contributed by atoms with E-state index in [-0.39, 0.29) is 5.91 Å². The van der Waals surface area contributed by atoms with Gasteiger partial charge in [-0.05, 0) is 48.6 Å². The van der Waals surface area contributed by atoms with E-state index in [0.717, 1.165) is 22.9 Å². The predicted octanol–water partition coefficient (Wildman–Crippen LogP) is 5.28. The molecule has 1 amide bonds. The van der Waals surface area contributed by atoms with Crippen LogP contribution in [0, 0.1) is 0 Å². The second-order valence-electron chi connectivity index (χ2n) is 5.37. The second-order valence-corrected chi connectivity index (χ2v) is 7.17. The first-order valence-corrected chi connectivity index (χ1v) is 9.99. The molecule has 0 bridgehead atoms. The van der Waals surface area contributed by atoms with Gasteiger partial charge in [-0.3, -0.25) is 4.79 Å². The predicted molar refractivity (Wildman–Crippen MR) is 104 cm³/mol. The van der Waals surface area contributed by atoms with Crippen LogP contribution >= 0.6 is 27.7 Å². The highest BCUT2D eigenvalue weighted by Crippen LogP contribution is 2.24. The van der Waals surface area contributed by atoms with Crippen molar-refractivity contribution in [2.45, 2.75) is 31.2 Å². The number of unbranched alkanes of at least 4 members (excludes halogenated alkanes) is 1. The van der Waals surface area contributed by atoms with Crippen LogP contribution in [-0.2, 0) is 6.54 Å². The SMILES string of the molecule is CCCCOc1ccc(Br)cc1C(=O)NCc1ccc(SC)cc1. The van der Waals surface area contributed by atoms with Crippen LogP contribution in [0.15, 0.2) is 51.8 Å². The monoisotopic (exact) mass is 407 g/mol. The van der Waals surface area contributed by atoms with Crippen LogP contribution in [-0.4, -0.2) is 18.8 Å². The molecule has 1 N–H and O–H groups in total. The van der Waals surface area contributed by atoms with Gasteiger partial charge >= 0.3 is 0 Å². The summed E-state index contributed by atoms with van der Waals surface area (Å²) in [5.74, 6) is 0.499. The summed E-state index contributed by atoms with van der Waals surface area (Å²) in [6.45, 7) is 3.23. The molecule has 0 saturated heterocycles. The van der Waals surface area contributed by atoms with Gasteiger partial charge in [-0.1, -0.05) is 41.4 Å². The van der Waals surface area contributed by atoms with E-state index in [1.165, 1.54) is 4.90 Å². The van der Waals surface area contributed by atoms with E-state index in [4.69, 9.17) is 4.74 Å². The minimum Gasteiger partial charge on any atom is -0.493 e. The van der Waals surface area contributed by atoms with Crippen molar-refractivity contribution in [3.63, 3.8) is 0 Å². The Balaban J connectivity index is 2.03. The van der Waals surface area contributed by atoms with Crippen molar-refractivity contribution in [3.8, 4) is 5.75 Å². The zero-order chi connectivity index (χ0) is 17.4. The van der Waals surface area contributed by atoms with E-state index in [0.29, 0.717) is 24.5 Å². The number of hydrogen-bond donors (Lipinski definition) is 1. The highest BCUT2D eigenvalue weighted by Gasteiger charge is 2.13. The zero-order valence-corrected chi connectivity index (χ0v) is 16.4. The second kappa shape index (κ2) is 9.74. The molecule has 0 spiro atoms. The number of carbonyl (C=O) groups is 1. The number of amides is 1. The third-order valence-electron chi connectivity index (χ3n) is 3.55. The Hall–Kier alpha value is -1.46. The Morgan fingerprint density at radius 3 is 2.62 bits per heavy atom. The standard InChI is InChI=1S/C19H22BrNO2S/c1-3-4-11-23-18-10-7-15(20)12-17(18)19(22)21-13-14-5-8-16(24-2)9-6-14/h5-10,12H,3-4,11,13H2,1-2H3,(H,21,22). The van der Waals surface area contributed by atoms with Gasteiger partial charge in [0, 0.05) is 15.9 Å². The lowest BCUT2D eigenvalue weighted by Gasteiger charge is -2.12. The molecule has 0 aliphatic heterocycles. The number of ether oxygens (including phenoxy) is 1. The summed E-state index contributed by atoms with van der Waals surface area (Å²) in [5.41, 5.74) is 1.63. The average molecular weight is 408 g/mol. The van der Waals surface area contributed by atoms with E-state index < -0.39 is 0 Å². The normalized spacial score (nSPS) is 10.5. The molecule has 3 nitrogen and oxygen atoms in total. The van der Waals surface area contributed by atoms with Gasteiger partial charge < -0.3 is 10.1 Å². The van der Waals surface area contributed by atoms with Gasteiger partial charge in [-0.15, -0.1) is 11.8 Å². The van der Waals surface area contributed by atoms with Crippen LogP contribution in [0.4, 0.5) is 0 Å². The molecule has 0 fully saturated rings. The van der Waals surface area contributed by atoms with Crippen molar-refractivity contribution in [2.24, 2.45) is 0 Å². The van der Waals surface area contributed by atoms with E-state index in [2.05, 4.69) is 40.3 Å². The van der Waals surface area contributed by atoms with Crippen molar-refractivity contribution in [2.75, 3.05) is 12.9 Å². The number of thioether (sulfide) groups is 1. The Labute approximate surface area is 156 Å². The Bertz CT molecular complexity index is 674. The number of hydrogen-bond acceptors (Lipinski definition) is 3. The molecular weight excluding hydrogens is 386 g/mol. The highest BCUT2D eigenvalue weighted by molar-refractivity contribution is 9.10. The van der Waals surface area contributed by atoms with Crippen molar-refractivity contribution < 1.29 is 9.53 Å². The molecule has 2 aromatic carbocycles. The van der Waals surface area contributed by atoms with Crippen LogP contribution < -0.4 is 10.1 Å². The molecule has 0 aliphatic carbocycles. The van der Waals surface area contributed by atoms with Gasteiger partial charge in [0.1, 0.15) is 5.75 Å². The number of benzene rings is 2. The Kier molecular flexibility index (Phi) is 7.66. The van der Waals surface area contributed by atoms with E-state index in [9.17, 15) is 4.79 Å². The maximum atomic E-state index is 12.5. The molecule has 24 heavy (non-hydrogen) atoms. The first-order valence-electron chi connectivity index (χ1n) is 7.97. The minimum absolute atomic E-state index is 0.128. The number of rotatable bonds is 8. The average Bonchev–Trinajstić information content (AvgIpc) is 2.61. The van der Waals surface area contributed by atoms with E-state index in [1.54, 1.807) is 17.8 Å². The lowest BCUT2D eigenvalue weighted by Crippen LogP contribution is -2.23. The van der Waals surface area contributed by atoms with Crippen molar-refractivity contribution in [1.82, 2.24) is 5.32 Å². The van der Waals surface area contributed by atoms with Crippen molar-refractivity contribution in [1.29, 1.82) is 0 Å². The van der Waals surface area contributed by atoms with E-state index >= 15 is 0 Å². The van der Waals surface area contributed by atoms with Crippen LogP contribution in [0.2, 0.25) is 0 Å². The van der Waals surface area contributed by atoms with Gasteiger partial charge in [-0.25, -0.2) is 0 Å². The topological polar surface area (TPSA) is 38.3 Å². The molecule has 0 aromatic heterocycles. The molecule has 2 aromatic rings. The van der Waals surface area contributed by atoms with E-state index in [1.807, 2.05) is 30.5 Å². The quantitative estimate of drug-likeness (QED) is 0.477. The lowest BCUT2D eigenvalue weighted by atomic mass is 10.1. The fourth-order valence-electron chi connectivity index (χ4n) is 2.15. The Morgan fingerprint density at radius 2 is 1.96 bits per heavy atom. The maximum Gasteiger partial charge on any atom is 0.255 e. The fourth-order valence-corrected chi connectivity index (χ4v) is 2.92.